The van der Waals surface area contributed by atoms with Gasteiger partial charge in [-0.05, 0) is 18.9 Å². The molecular formula is C16H31N3O3. The van der Waals surface area contributed by atoms with Crippen LogP contribution in [0.1, 0.15) is 53.1 Å². The first kappa shape index (κ1) is 18.9. The van der Waals surface area contributed by atoms with Gasteiger partial charge in [-0.1, -0.05) is 34.6 Å². The number of hydrogen-bond acceptors (Lipinski definition) is 5. The fourth-order valence-electron chi connectivity index (χ4n) is 1.84. The second-order valence-corrected chi connectivity index (χ2v) is 6.92. The molecule has 0 saturated heterocycles. The molecule has 0 aromatic carbocycles. The molecule has 0 amide bonds. The van der Waals surface area contributed by atoms with Crippen LogP contribution in [0.3, 0.4) is 0 Å². The summed E-state index contributed by atoms with van der Waals surface area (Å²) in [5, 5.41) is 13.4. The lowest BCUT2D eigenvalue weighted by Crippen LogP contribution is -2.28. The predicted octanol–water partition coefficient (Wildman–Crippen LogP) is 2.29. The molecule has 2 N–H and O–H groups in total. The second kappa shape index (κ2) is 8.50. The fourth-order valence-corrected chi connectivity index (χ4v) is 1.84. The first-order valence-electron chi connectivity index (χ1n) is 7.88. The van der Waals surface area contributed by atoms with Crippen molar-refractivity contribution in [2.24, 2.45) is 5.92 Å². The number of methoxy groups -OCH3 is 1. The van der Waals surface area contributed by atoms with Crippen molar-refractivity contribution in [1.29, 1.82) is 0 Å². The minimum atomic E-state index is -0.847. The highest BCUT2D eigenvalue weighted by Gasteiger charge is 2.23. The first-order valence-corrected chi connectivity index (χ1v) is 7.88. The maximum atomic E-state index is 10.4. The van der Waals surface area contributed by atoms with E-state index in [-0.39, 0.29) is 5.41 Å². The number of imidazole rings is 1. The van der Waals surface area contributed by atoms with Gasteiger partial charge in [0.05, 0.1) is 12.3 Å². The van der Waals surface area contributed by atoms with Gasteiger partial charge in [-0.25, -0.2) is 0 Å². The zero-order valence-electron chi connectivity index (χ0n) is 14.7. The minimum absolute atomic E-state index is 0.109. The smallest absolute Gasteiger partial charge is 0.299 e. The Hall–Kier alpha value is -1.11. The van der Waals surface area contributed by atoms with E-state index < -0.39 is 6.35 Å². The van der Waals surface area contributed by atoms with Crippen molar-refractivity contribution in [2.45, 2.75) is 52.8 Å². The summed E-state index contributed by atoms with van der Waals surface area (Å²) in [5.41, 5.74) is 0.770. The SMILES string of the molecule is COCCOc1nc(C(C)(C)C)cn1C(O)NCCC(C)C. The van der Waals surface area contributed by atoms with Crippen molar-refractivity contribution in [3.8, 4) is 6.01 Å². The molecule has 0 aliphatic heterocycles. The van der Waals surface area contributed by atoms with Crippen LogP contribution in [0.5, 0.6) is 6.01 Å². The maximum absolute atomic E-state index is 10.4. The lowest BCUT2D eigenvalue weighted by atomic mass is 9.93. The van der Waals surface area contributed by atoms with Gasteiger partial charge in [0.1, 0.15) is 6.61 Å². The monoisotopic (exact) mass is 313 g/mol. The third-order valence-electron chi connectivity index (χ3n) is 3.30. The molecule has 1 aromatic rings. The molecule has 6 heteroatoms. The molecule has 0 radical (unpaired) electrons. The molecule has 6 nitrogen and oxygen atoms in total. The number of hydrogen-bond donors (Lipinski definition) is 2. The summed E-state index contributed by atoms with van der Waals surface area (Å²) < 4.78 is 12.3. The van der Waals surface area contributed by atoms with E-state index in [0.717, 1.165) is 18.7 Å². The van der Waals surface area contributed by atoms with Crippen LogP contribution in [0.25, 0.3) is 0 Å². The average molecular weight is 313 g/mol. The van der Waals surface area contributed by atoms with Gasteiger partial charge in [-0.15, -0.1) is 0 Å². The number of aliphatic hydroxyl groups excluding tert-OH is 1. The summed E-state index contributed by atoms with van der Waals surface area (Å²) in [4.78, 5) is 4.50. The first-order chi connectivity index (χ1) is 10.3. The molecule has 0 spiro atoms. The Labute approximate surface area is 133 Å². The number of aliphatic hydroxyl groups is 1. The molecule has 1 atom stereocenters. The molecule has 22 heavy (non-hydrogen) atoms. The van der Waals surface area contributed by atoms with Crippen LogP contribution in [-0.2, 0) is 10.2 Å². The summed E-state index contributed by atoms with van der Waals surface area (Å²) in [6.07, 6.45) is 1.99. The second-order valence-electron chi connectivity index (χ2n) is 6.92. The number of rotatable bonds is 9. The Morgan fingerprint density at radius 2 is 2.00 bits per heavy atom. The summed E-state index contributed by atoms with van der Waals surface area (Å²) in [7, 11) is 1.62. The molecule has 0 aliphatic carbocycles. The van der Waals surface area contributed by atoms with Gasteiger partial charge in [0, 0.05) is 18.7 Å². The van der Waals surface area contributed by atoms with Crippen molar-refractivity contribution in [3.05, 3.63) is 11.9 Å². The average Bonchev–Trinajstić information content (AvgIpc) is 2.82. The molecule has 1 rings (SSSR count). The standard InChI is InChI=1S/C16H31N3O3/c1-12(2)7-8-17-14(20)19-11-13(16(3,4)5)18-15(19)22-10-9-21-6/h11-12,14,17,20H,7-10H2,1-6H3. The predicted molar refractivity (Wildman–Crippen MR) is 87.0 cm³/mol. The highest BCUT2D eigenvalue weighted by molar-refractivity contribution is 5.16. The molecule has 128 valence electrons. The summed E-state index contributed by atoms with van der Waals surface area (Å²) >= 11 is 0. The summed E-state index contributed by atoms with van der Waals surface area (Å²) in [6, 6.07) is 0.409. The van der Waals surface area contributed by atoms with Gasteiger partial charge in [0.15, 0.2) is 6.35 Å². The van der Waals surface area contributed by atoms with Crippen molar-refractivity contribution in [1.82, 2.24) is 14.9 Å². The van der Waals surface area contributed by atoms with E-state index in [2.05, 4.69) is 44.9 Å². The lowest BCUT2D eigenvalue weighted by Gasteiger charge is -2.17. The zero-order valence-corrected chi connectivity index (χ0v) is 14.7. The molecular weight excluding hydrogens is 282 g/mol. The maximum Gasteiger partial charge on any atom is 0.299 e. The van der Waals surface area contributed by atoms with Crippen LogP contribution < -0.4 is 10.1 Å². The van der Waals surface area contributed by atoms with Gasteiger partial charge < -0.3 is 14.6 Å². The largest absolute Gasteiger partial charge is 0.462 e. The molecule has 0 fully saturated rings. The summed E-state index contributed by atoms with van der Waals surface area (Å²) in [6.45, 7) is 12.2. The number of nitrogens with zero attached hydrogens (tertiary/aromatic N) is 2. The Bertz CT molecular complexity index is 438. The van der Waals surface area contributed by atoms with Crippen LogP contribution in [0.4, 0.5) is 0 Å². The van der Waals surface area contributed by atoms with Crippen molar-refractivity contribution < 1.29 is 14.6 Å². The van der Waals surface area contributed by atoms with Crippen LogP contribution in [-0.4, -0.2) is 41.5 Å². The Kier molecular flexibility index (Phi) is 7.32. The highest BCUT2D eigenvalue weighted by Crippen LogP contribution is 2.25. The Morgan fingerprint density at radius 3 is 2.55 bits per heavy atom. The Balaban J connectivity index is 2.82. The lowest BCUT2D eigenvalue weighted by molar-refractivity contribution is 0.0522. The van der Waals surface area contributed by atoms with Crippen LogP contribution in [0.2, 0.25) is 0 Å². The van der Waals surface area contributed by atoms with E-state index >= 15 is 0 Å². The normalized spacial score (nSPS) is 13.6. The van der Waals surface area contributed by atoms with Gasteiger partial charge in [-0.3, -0.25) is 9.88 Å². The van der Waals surface area contributed by atoms with Crippen LogP contribution in [0, 0.1) is 5.92 Å². The van der Waals surface area contributed by atoms with Crippen LogP contribution in [0.15, 0.2) is 6.20 Å². The third-order valence-corrected chi connectivity index (χ3v) is 3.30. The third kappa shape index (κ3) is 5.94. The van der Waals surface area contributed by atoms with Crippen molar-refractivity contribution >= 4 is 0 Å². The van der Waals surface area contributed by atoms with E-state index in [0.29, 0.717) is 25.1 Å². The molecule has 1 unspecified atom stereocenters. The van der Waals surface area contributed by atoms with Gasteiger partial charge in [0.2, 0.25) is 0 Å². The van der Waals surface area contributed by atoms with E-state index in [9.17, 15) is 5.11 Å². The fraction of sp³-hybridized carbons (Fsp3) is 0.812. The van der Waals surface area contributed by atoms with E-state index in [1.807, 2.05) is 6.20 Å². The molecule has 1 heterocycles. The number of aromatic nitrogens is 2. The quantitative estimate of drug-likeness (QED) is 0.541. The Morgan fingerprint density at radius 1 is 1.32 bits per heavy atom. The van der Waals surface area contributed by atoms with Gasteiger partial charge >= 0.3 is 0 Å². The molecule has 0 aliphatic rings. The molecule has 0 bridgehead atoms. The zero-order chi connectivity index (χ0) is 16.8. The molecule has 1 aromatic heterocycles. The number of ether oxygens (including phenoxy) is 2. The summed E-state index contributed by atoms with van der Waals surface area (Å²) in [5.74, 6) is 0.588. The molecule has 0 saturated carbocycles. The minimum Gasteiger partial charge on any atom is -0.462 e. The van der Waals surface area contributed by atoms with Crippen LogP contribution >= 0.6 is 0 Å². The van der Waals surface area contributed by atoms with Gasteiger partial charge in [-0.2, -0.15) is 4.98 Å². The van der Waals surface area contributed by atoms with Crippen molar-refractivity contribution in [3.63, 3.8) is 0 Å². The highest BCUT2D eigenvalue weighted by atomic mass is 16.5. The van der Waals surface area contributed by atoms with E-state index in [1.165, 1.54) is 0 Å². The van der Waals surface area contributed by atoms with Crippen molar-refractivity contribution in [2.75, 3.05) is 26.9 Å². The van der Waals surface area contributed by atoms with E-state index in [4.69, 9.17) is 9.47 Å². The van der Waals surface area contributed by atoms with E-state index in [1.54, 1.807) is 11.7 Å². The number of nitrogens with one attached hydrogen (secondary N) is 1. The topological polar surface area (TPSA) is 68.5 Å². The van der Waals surface area contributed by atoms with Gasteiger partial charge in [0.25, 0.3) is 6.01 Å².